The maximum Gasteiger partial charge on any atom is 0.240 e. The SMILES string of the molecule is CC(CCO)NS(=O)(=O)c1ccc2nc(Cl)ccc2c1. The van der Waals surface area contributed by atoms with Crippen molar-refractivity contribution in [1.82, 2.24) is 9.71 Å². The van der Waals surface area contributed by atoms with Crippen LogP contribution < -0.4 is 4.72 Å². The standard InChI is InChI=1S/C13H15ClN2O3S/c1-9(6-7-17)16-20(18,19)11-3-4-12-10(8-11)2-5-13(14)15-12/h2-5,8-9,16-17H,6-7H2,1H3. The Kier molecular flexibility index (Phi) is 4.59. The Labute approximate surface area is 122 Å². The van der Waals surface area contributed by atoms with E-state index in [0.29, 0.717) is 22.5 Å². The van der Waals surface area contributed by atoms with Crippen LogP contribution in [0.4, 0.5) is 0 Å². The van der Waals surface area contributed by atoms with E-state index in [1.54, 1.807) is 31.2 Å². The summed E-state index contributed by atoms with van der Waals surface area (Å²) in [5.41, 5.74) is 0.639. The first-order chi connectivity index (χ1) is 9.42. The molecule has 2 N–H and O–H groups in total. The molecule has 5 nitrogen and oxygen atoms in total. The highest BCUT2D eigenvalue weighted by atomic mass is 35.5. The molecule has 2 rings (SSSR count). The highest BCUT2D eigenvalue weighted by molar-refractivity contribution is 7.89. The van der Waals surface area contributed by atoms with Gasteiger partial charge in [-0.3, -0.25) is 0 Å². The lowest BCUT2D eigenvalue weighted by molar-refractivity contribution is 0.275. The van der Waals surface area contributed by atoms with Crippen molar-refractivity contribution in [1.29, 1.82) is 0 Å². The number of hydrogen-bond donors (Lipinski definition) is 2. The van der Waals surface area contributed by atoms with Gasteiger partial charge in [-0.2, -0.15) is 0 Å². The molecule has 108 valence electrons. The minimum Gasteiger partial charge on any atom is -0.396 e. The molecule has 0 bridgehead atoms. The van der Waals surface area contributed by atoms with Crippen molar-refractivity contribution in [3.05, 3.63) is 35.5 Å². The Balaban J connectivity index is 2.34. The van der Waals surface area contributed by atoms with Crippen molar-refractivity contribution in [2.24, 2.45) is 0 Å². The third kappa shape index (κ3) is 3.46. The molecular weight excluding hydrogens is 300 g/mol. The van der Waals surface area contributed by atoms with Gasteiger partial charge in [0.05, 0.1) is 10.4 Å². The van der Waals surface area contributed by atoms with Crippen LogP contribution in [-0.2, 0) is 10.0 Å². The second-order valence-corrected chi connectivity index (χ2v) is 6.62. The van der Waals surface area contributed by atoms with Gasteiger partial charge >= 0.3 is 0 Å². The molecule has 0 aliphatic rings. The van der Waals surface area contributed by atoms with Gasteiger partial charge in [0.1, 0.15) is 5.15 Å². The molecule has 0 aliphatic carbocycles. The highest BCUT2D eigenvalue weighted by Crippen LogP contribution is 2.20. The summed E-state index contributed by atoms with van der Waals surface area (Å²) in [6, 6.07) is 7.66. The Morgan fingerprint density at radius 2 is 2.10 bits per heavy atom. The van der Waals surface area contributed by atoms with E-state index < -0.39 is 10.0 Å². The van der Waals surface area contributed by atoms with E-state index in [-0.39, 0.29) is 17.5 Å². The van der Waals surface area contributed by atoms with Crippen LogP contribution in [0, 0.1) is 0 Å². The van der Waals surface area contributed by atoms with Gasteiger partial charge in [-0.05, 0) is 43.7 Å². The normalized spacial score (nSPS) is 13.6. The van der Waals surface area contributed by atoms with Gasteiger partial charge in [0.2, 0.25) is 10.0 Å². The number of fused-ring (bicyclic) bond motifs is 1. The van der Waals surface area contributed by atoms with E-state index in [1.807, 2.05) is 0 Å². The van der Waals surface area contributed by atoms with Crippen LogP contribution in [0.15, 0.2) is 35.2 Å². The number of halogens is 1. The van der Waals surface area contributed by atoms with Gasteiger partial charge in [-0.15, -0.1) is 0 Å². The van der Waals surface area contributed by atoms with Crippen LogP contribution in [0.3, 0.4) is 0 Å². The molecule has 2 aromatic rings. The molecule has 1 heterocycles. The molecule has 0 fully saturated rings. The predicted octanol–water partition coefficient (Wildman–Crippen LogP) is 1.94. The molecule has 1 aromatic heterocycles. The average molecular weight is 315 g/mol. The van der Waals surface area contributed by atoms with Crippen molar-refractivity contribution in [3.8, 4) is 0 Å². The van der Waals surface area contributed by atoms with Gasteiger partial charge < -0.3 is 5.11 Å². The summed E-state index contributed by atoms with van der Waals surface area (Å²) < 4.78 is 26.9. The van der Waals surface area contributed by atoms with E-state index in [1.165, 1.54) is 6.07 Å². The molecule has 0 saturated heterocycles. The number of nitrogens with one attached hydrogen (secondary N) is 1. The summed E-state index contributed by atoms with van der Waals surface area (Å²) in [6.07, 6.45) is 0.365. The van der Waals surface area contributed by atoms with E-state index in [0.717, 1.165) is 0 Å². The largest absolute Gasteiger partial charge is 0.396 e. The number of pyridine rings is 1. The second kappa shape index (κ2) is 6.05. The topological polar surface area (TPSA) is 79.3 Å². The predicted molar refractivity (Wildman–Crippen MR) is 78.2 cm³/mol. The fraction of sp³-hybridized carbons (Fsp3) is 0.308. The molecule has 7 heteroatoms. The summed E-state index contributed by atoms with van der Waals surface area (Å²) in [4.78, 5) is 4.27. The third-order valence-corrected chi connectivity index (χ3v) is 4.65. The quantitative estimate of drug-likeness (QED) is 0.827. The third-order valence-electron chi connectivity index (χ3n) is 2.86. The van der Waals surface area contributed by atoms with E-state index in [9.17, 15) is 8.42 Å². The minimum absolute atomic E-state index is 0.0656. The molecule has 0 saturated carbocycles. The Morgan fingerprint density at radius 1 is 1.35 bits per heavy atom. The summed E-state index contributed by atoms with van der Waals surface area (Å²) in [5.74, 6) is 0. The number of aromatic nitrogens is 1. The van der Waals surface area contributed by atoms with Crippen LogP contribution in [0.25, 0.3) is 10.9 Å². The average Bonchev–Trinajstić information content (AvgIpc) is 2.37. The van der Waals surface area contributed by atoms with Crippen LogP contribution in [0.5, 0.6) is 0 Å². The van der Waals surface area contributed by atoms with Gasteiger partial charge in [0.15, 0.2) is 0 Å². The van der Waals surface area contributed by atoms with Crippen LogP contribution >= 0.6 is 11.6 Å². The number of aliphatic hydroxyl groups is 1. The highest BCUT2D eigenvalue weighted by Gasteiger charge is 2.17. The lowest BCUT2D eigenvalue weighted by atomic mass is 10.2. The number of nitrogens with zero attached hydrogens (tertiary/aromatic N) is 1. The molecule has 1 aromatic carbocycles. The molecule has 0 spiro atoms. The molecule has 0 radical (unpaired) electrons. The number of sulfonamides is 1. The maximum absolute atomic E-state index is 12.2. The smallest absolute Gasteiger partial charge is 0.240 e. The molecule has 0 amide bonds. The van der Waals surface area contributed by atoms with E-state index in [2.05, 4.69) is 9.71 Å². The molecular formula is C13H15ClN2O3S. The second-order valence-electron chi connectivity index (χ2n) is 4.52. The lowest BCUT2D eigenvalue weighted by Gasteiger charge is -2.13. The van der Waals surface area contributed by atoms with Gasteiger partial charge in [0, 0.05) is 18.0 Å². The summed E-state index contributed by atoms with van der Waals surface area (Å²) >= 11 is 5.79. The first-order valence-electron chi connectivity index (χ1n) is 6.12. The maximum atomic E-state index is 12.2. The fourth-order valence-corrected chi connectivity index (χ4v) is 3.30. The summed E-state index contributed by atoms with van der Waals surface area (Å²) in [6.45, 7) is 1.64. The monoisotopic (exact) mass is 314 g/mol. The molecule has 0 aliphatic heterocycles. The zero-order valence-electron chi connectivity index (χ0n) is 10.9. The molecule has 1 atom stereocenters. The first kappa shape index (κ1) is 15.2. The van der Waals surface area contributed by atoms with Crippen LogP contribution in [-0.4, -0.2) is 31.2 Å². The summed E-state index contributed by atoms with van der Waals surface area (Å²) in [5, 5.41) is 9.88. The van der Waals surface area contributed by atoms with Gasteiger partial charge in [-0.25, -0.2) is 18.1 Å². The number of benzene rings is 1. The first-order valence-corrected chi connectivity index (χ1v) is 7.98. The lowest BCUT2D eigenvalue weighted by Crippen LogP contribution is -2.33. The molecule has 1 unspecified atom stereocenters. The Morgan fingerprint density at radius 3 is 2.80 bits per heavy atom. The van der Waals surface area contributed by atoms with Crippen molar-refractivity contribution in [2.75, 3.05) is 6.61 Å². The summed E-state index contributed by atoms with van der Waals surface area (Å²) in [7, 11) is -3.61. The van der Waals surface area contributed by atoms with E-state index in [4.69, 9.17) is 16.7 Å². The van der Waals surface area contributed by atoms with Crippen LogP contribution in [0.1, 0.15) is 13.3 Å². The fourth-order valence-electron chi connectivity index (χ4n) is 1.83. The Hall–Kier alpha value is -1.21. The van der Waals surface area contributed by atoms with Crippen molar-refractivity contribution < 1.29 is 13.5 Å². The van der Waals surface area contributed by atoms with Crippen LogP contribution in [0.2, 0.25) is 5.15 Å². The zero-order chi connectivity index (χ0) is 14.8. The van der Waals surface area contributed by atoms with Gasteiger partial charge in [-0.1, -0.05) is 11.6 Å². The number of aliphatic hydroxyl groups excluding tert-OH is 1. The number of rotatable bonds is 5. The number of hydrogen-bond acceptors (Lipinski definition) is 4. The van der Waals surface area contributed by atoms with E-state index >= 15 is 0 Å². The zero-order valence-corrected chi connectivity index (χ0v) is 12.4. The van der Waals surface area contributed by atoms with Crippen molar-refractivity contribution in [2.45, 2.75) is 24.3 Å². The molecule has 20 heavy (non-hydrogen) atoms. The van der Waals surface area contributed by atoms with Gasteiger partial charge in [0.25, 0.3) is 0 Å². The van der Waals surface area contributed by atoms with Crippen molar-refractivity contribution >= 4 is 32.5 Å². The minimum atomic E-state index is -3.61. The Bertz CT molecular complexity index is 719. The van der Waals surface area contributed by atoms with Crippen molar-refractivity contribution in [3.63, 3.8) is 0 Å².